The minimum Gasteiger partial charge on any atom is -0.356 e. The van der Waals surface area contributed by atoms with Crippen LogP contribution in [0, 0.1) is 17.0 Å². The zero-order chi connectivity index (χ0) is 24.1. The van der Waals surface area contributed by atoms with E-state index in [1.807, 2.05) is 19.1 Å². The molecular weight excluding hydrogens is 496 g/mol. The summed E-state index contributed by atoms with van der Waals surface area (Å²) in [7, 11) is 2.17. The second-order valence-corrected chi connectivity index (χ2v) is 15.5. The van der Waals surface area contributed by atoms with E-state index < -0.39 is 19.1 Å². The van der Waals surface area contributed by atoms with Crippen LogP contribution in [0.3, 0.4) is 0 Å². The van der Waals surface area contributed by atoms with Gasteiger partial charge in [-0.3, -0.25) is 19.6 Å². The van der Waals surface area contributed by atoms with Gasteiger partial charge in [-0.25, -0.2) is 0 Å². The quantitative estimate of drug-likeness (QED) is 0.139. The second-order valence-electron chi connectivity index (χ2n) is 9.09. The number of benzene rings is 1. The average molecular weight is 527 g/mol. The van der Waals surface area contributed by atoms with Gasteiger partial charge in [0.15, 0.2) is 0 Å². The number of halogens is 1. The van der Waals surface area contributed by atoms with Crippen molar-refractivity contribution < 1.29 is 19.2 Å². The minimum absolute atomic E-state index is 0.0653. The number of amides is 1. The number of hydrogen-bond acceptors (Lipinski definition) is 6. The number of nitrogens with zero attached hydrogens (tertiary/aromatic N) is 4. The largest absolute Gasteiger partial charge is 0.356 e. The number of ether oxygens (including phenoxy) is 2. The molecule has 2 rings (SSSR count). The molecule has 0 spiro atoms. The number of aryl methyl sites for hydroxylation is 1. The lowest BCUT2D eigenvalue weighted by atomic mass is 10.0. The summed E-state index contributed by atoms with van der Waals surface area (Å²) in [6, 6.07) is 4.76. The summed E-state index contributed by atoms with van der Waals surface area (Å²) in [5.41, 5.74) is 2.07. The van der Waals surface area contributed by atoms with Crippen molar-refractivity contribution in [3.05, 3.63) is 55.8 Å². The molecule has 11 heteroatoms. The zero-order valence-corrected chi connectivity index (χ0v) is 22.0. The molecule has 0 saturated heterocycles. The first-order chi connectivity index (χ1) is 14.9. The summed E-state index contributed by atoms with van der Waals surface area (Å²) in [5, 5.41) is 15.1. The molecule has 0 saturated carbocycles. The van der Waals surface area contributed by atoms with Gasteiger partial charge in [-0.05, 0) is 46.1 Å². The molecule has 0 aliphatic rings. The molecule has 0 N–H and O–H groups in total. The molecule has 32 heavy (non-hydrogen) atoms. The molecule has 0 fully saturated rings. The summed E-state index contributed by atoms with van der Waals surface area (Å²) in [4.78, 5) is 24.7. The van der Waals surface area contributed by atoms with Crippen LogP contribution >= 0.6 is 15.9 Å². The maximum Gasteiger partial charge on any atom is 0.306 e. The van der Waals surface area contributed by atoms with E-state index in [0.717, 1.165) is 17.2 Å². The highest BCUT2D eigenvalue weighted by atomic mass is 79.9. The van der Waals surface area contributed by atoms with E-state index in [0.29, 0.717) is 16.6 Å². The van der Waals surface area contributed by atoms with Gasteiger partial charge >= 0.3 is 5.69 Å². The molecule has 2 aromatic rings. The van der Waals surface area contributed by atoms with Crippen LogP contribution in [0.5, 0.6) is 0 Å². The molecule has 1 atom stereocenters. The minimum atomic E-state index is -1.22. The van der Waals surface area contributed by atoms with Crippen LogP contribution in [-0.2, 0) is 16.0 Å². The lowest BCUT2D eigenvalue weighted by molar-refractivity contribution is -0.385. The smallest absolute Gasteiger partial charge is 0.306 e. The Kier molecular flexibility index (Phi) is 9.14. The molecular formula is C21H31BrN4O5Si. The fraction of sp³-hybridized carbons (Fsp3) is 0.524. The predicted molar refractivity (Wildman–Crippen MR) is 129 cm³/mol. The van der Waals surface area contributed by atoms with Crippen LogP contribution in [0.15, 0.2) is 29.0 Å². The molecule has 9 nitrogen and oxygen atoms in total. The van der Waals surface area contributed by atoms with E-state index in [9.17, 15) is 14.9 Å². The Hall–Kier alpha value is -2.08. The zero-order valence-electron chi connectivity index (χ0n) is 19.4. The highest BCUT2D eigenvalue weighted by molar-refractivity contribution is 9.10. The predicted octanol–water partition coefficient (Wildman–Crippen LogP) is 4.63. The number of aromatic nitrogens is 2. The standard InChI is InChI=1S/C21H31BrN4O5Si/c1-15-9-17(20(22)18(10-15)21(27)24(2)3)19(31-14-30-7-8-32(4,5)6)13-25-12-16(11-23-25)26(28)29/h9-12,19H,7-8,13-14H2,1-6H3. The van der Waals surface area contributed by atoms with Gasteiger partial charge in [0.1, 0.15) is 25.3 Å². The fourth-order valence-corrected chi connectivity index (χ4v) is 4.36. The summed E-state index contributed by atoms with van der Waals surface area (Å²) in [6.07, 6.45) is 2.02. The van der Waals surface area contributed by atoms with Gasteiger partial charge in [-0.15, -0.1) is 0 Å². The van der Waals surface area contributed by atoms with E-state index >= 15 is 0 Å². The van der Waals surface area contributed by atoms with Crippen LogP contribution in [0.2, 0.25) is 25.7 Å². The molecule has 1 amide bonds. The Labute approximate surface area is 198 Å². The Morgan fingerprint density at radius 3 is 2.59 bits per heavy atom. The van der Waals surface area contributed by atoms with Gasteiger partial charge in [0.25, 0.3) is 5.91 Å². The highest BCUT2D eigenvalue weighted by Crippen LogP contribution is 2.32. The third kappa shape index (κ3) is 7.50. The maximum atomic E-state index is 12.7. The van der Waals surface area contributed by atoms with E-state index in [1.54, 1.807) is 14.1 Å². The lowest BCUT2D eigenvalue weighted by Gasteiger charge is -2.23. The molecule has 1 heterocycles. The Balaban J connectivity index is 2.30. The summed E-state index contributed by atoms with van der Waals surface area (Å²) < 4.78 is 13.9. The third-order valence-corrected chi connectivity index (χ3v) is 7.35. The summed E-state index contributed by atoms with van der Waals surface area (Å²) >= 11 is 3.57. The molecule has 0 aliphatic heterocycles. The average Bonchev–Trinajstić information content (AvgIpc) is 3.16. The molecule has 0 bridgehead atoms. The van der Waals surface area contributed by atoms with Crippen LogP contribution < -0.4 is 0 Å². The van der Waals surface area contributed by atoms with E-state index in [4.69, 9.17) is 9.47 Å². The van der Waals surface area contributed by atoms with Gasteiger partial charge in [0, 0.05) is 33.2 Å². The Morgan fingerprint density at radius 1 is 1.34 bits per heavy atom. The second kappa shape index (κ2) is 11.2. The molecule has 176 valence electrons. The van der Waals surface area contributed by atoms with Crippen LogP contribution in [0.25, 0.3) is 0 Å². The Bertz CT molecular complexity index is 958. The van der Waals surface area contributed by atoms with Crippen molar-refractivity contribution in [3.63, 3.8) is 0 Å². The molecule has 0 radical (unpaired) electrons. The van der Waals surface area contributed by atoms with E-state index in [-0.39, 0.29) is 24.9 Å². The van der Waals surface area contributed by atoms with Gasteiger partial charge in [0.2, 0.25) is 0 Å². The fourth-order valence-electron chi connectivity index (χ4n) is 2.95. The monoisotopic (exact) mass is 526 g/mol. The molecule has 1 unspecified atom stereocenters. The van der Waals surface area contributed by atoms with E-state index in [1.165, 1.54) is 22.0 Å². The first-order valence-electron chi connectivity index (χ1n) is 10.3. The normalized spacial score (nSPS) is 12.6. The number of rotatable bonds is 11. The molecule has 0 aliphatic carbocycles. The van der Waals surface area contributed by atoms with Gasteiger partial charge in [-0.1, -0.05) is 25.7 Å². The summed E-state index contributed by atoms with van der Waals surface area (Å²) in [6.45, 7) is 9.63. The first kappa shape index (κ1) is 26.2. The lowest BCUT2D eigenvalue weighted by Crippen LogP contribution is -2.24. The maximum absolute atomic E-state index is 12.7. The molecule has 1 aromatic heterocycles. The van der Waals surface area contributed by atoms with Crippen molar-refractivity contribution in [3.8, 4) is 0 Å². The molecule has 1 aromatic carbocycles. The number of hydrogen-bond donors (Lipinski definition) is 0. The third-order valence-electron chi connectivity index (χ3n) is 4.76. The topological polar surface area (TPSA) is 99.7 Å². The highest BCUT2D eigenvalue weighted by Gasteiger charge is 2.24. The van der Waals surface area contributed by atoms with Crippen LogP contribution in [-0.4, -0.2) is 61.1 Å². The van der Waals surface area contributed by atoms with Crippen LogP contribution in [0.1, 0.15) is 27.6 Å². The SMILES string of the molecule is Cc1cc(C(=O)N(C)C)c(Br)c(C(Cn2cc([N+](=O)[O-])cn2)OCOCC[Si](C)(C)C)c1. The van der Waals surface area contributed by atoms with Crippen molar-refractivity contribution in [2.45, 2.75) is 45.3 Å². The van der Waals surface area contributed by atoms with Crippen molar-refractivity contribution in [1.82, 2.24) is 14.7 Å². The van der Waals surface area contributed by atoms with Crippen molar-refractivity contribution in [2.24, 2.45) is 0 Å². The van der Waals surface area contributed by atoms with Crippen molar-refractivity contribution in [2.75, 3.05) is 27.5 Å². The van der Waals surface area contributed by atoms with Crippen molar-refractivity contribution >= 4 is 35.6 Å². The summed E-state index contributed by atoms with van der Waals surface area (Å²) in [5.74, 6) is -0.137. The van der Waals surface area contributed by atoms with Crippen molar-refractivity contribution in [1.29, 1.82) is 0 Å². The van der Waals surface area contributed by atoms with Gasteiger partial charge in [-0.2, -0.15) is 5.10 Å². The van der Waals surface area contributed by atoms with Crippen LogP contribution in [0.4, 0.5) is 5.69 Å². The number of carbonyl (C=O) groups excluding carboxylic acids is 1. The number of carbonyl (C=O) groups is 1. The van der Waals surface area contributed by atoms with Gasteiger partial charge < -0.3 is 14.4 Å². The Morgan fingerprint density at radius 2 is 2.03 bits per heavy atom. The van der Waals surface area contributed by atoms with E-state index in [2.05, 4.69) is 40.7 Å². The van der Waals surface area contributed by atoms with Gasteiger partial charge in [0.05, 0.1) is 17.0 Å². The number of nitro groups is 1. The first-order valence-corrected chi connectivity index (χ1v) is 14.8.